The topological polar surface area (TPSA) is 58.1 Å². The molecule has 2 heterocycles. The van der Waals surface area contributed by atoms with Crippen LogP contribution in [0.4, 0.5) is 4.79 Å². The molecule has 2 amide bonds. The SMILES string of the molecule is CC(C)NC(=O)N1CCC[C@@H](c2nnc(Cc3ccccc3)s2)C1. The van der Waals surface area contributed by atoms with Crippen molar-refractivity contribution in [1.82, 2.24) is 20.4 Å². The first-order valence-corrected chi connectivity index (χ1v) is 9.35. The fourth-order valence-electron chi connectivity index (χ4n) is 2.97. The van der Waals surface area contributed by atoms with Crippen LogP contribution in [0.5, 0.6) is 0 Å². The number of carbonyl (C=O) groups is 1. The van der Waals surface area contributed by atoms with E-state index in [1.54, 1.807) is 11.3 Å². The number of carbonyl (C=O) groups excluding carboxylic acids is 1. The number of hydrogen-bond acceptors (Lipinski definition) is 4. The number of nitrogens with zero attached hydrogens (tertiary/aromatic N) is 3. The van der Waals surface area contributed by atoms with Gasteiger partial charge in [-0.15, -0.1) is 21.5 Å². The van der Waals surface area contributed by atoms with Gasteiger partial charge in [0.25, 0.3) is 0 Å². The number of aromatic nitrogens is 2. The molecule has 0 unspecified atom stereocenters. The molecule has 5 nitrogen and oxygen atoms in total. The third kappa shape index (κ3) is 4.32. The third-order valence-electron chi connectivity index (χ3n) is 4.15. The minimum Gasteiger partial charge on any atom is -0.336 e. The number of nitrogens with one attached hydrogen (secondary N) is 1. The monoisotopic (exact) mass is 344 g/mol. The van der Waals surface area contributed by atoms with Gasteiger partial charge < -0.3 is 10.2 Å². The van der Waals surface area contributed by atoms with E-state index >= 15 is 0 Å². The molecule has 6 heteroatoms. The quantitative estimate of drug-likeness (QED) is 0.924. The summed E-state index contributed by atoms with van der Waals surface area (Å²) in [5, 5.41) is 13.8. The van der Waals surface area contributed by atoms with Gasteiger partial charge in [0, 0.05) is 31.5 Å². The van der Waals surface area contributed by atoms with Crippen molar-refractivity contribution >= 4 is 17.4 Å². The van der Waals surface area contributed by atoms with Gasteiger partial charge in [0.05, 0.1) is 0 Å². The van der Waals surface area contributed by atoms with Crippen LogP contribution in [-0.4, -0.2) is 40.3 Å². The van der Waals surface area contributed by atoms with Gasteiger partial charge >= 0.3 is 6.03 Å². The van der Waals surface area contributed by atoms with Crippen LogP contribution in [-0.2, 0) is 6.42 Å². The number of hydrogen-bond donors (Lipinski definition) is 1. The molecule has 24 heavy (non-hydrogen) atoms. The summed E-state index contributed by atoms with van der Waals surface area (Å²) in [4.78, 5) is 14.1. The summed E-state index contributed by atoms with van der Waals surface area (Å²) < 4.78 is 0. The van der Waals surface area contributed by atoms with Crippen molar-refractivity contribution in [2.24, 2.45) is 0 Å². The van der Waals surface area contributed by atoms with Crippen LogP contribution in [0.1, 0.15) is 48.2 Å². The average molecular weight is 344 g/mol. The van der Waals surface area contributed by atoms with E-state index in [2.05, 4.69) is 27.6 Å². The van der Waals surface area contributed by atoms with Gasteiger partial charge in [-0.2, -0.15) is 0 Å². The molecule has 0 saturated carbocycles. The lowest BCUT2D eigenvalue weighted by Crippen LogP contribution is -2.46. The van der Waals surface area contributed by atoms with Crippen molar-refractivity contribution in [3.05, 3.63) is 45.9 Å². The predicted octanol–water partition coefficient (Wildman–Crippen LogP) is 3.43. The predicted molar refractivity (Wildman–Crippen MR) is 96.4 cm³/mol. The van der Waals surface area contributed by atoms with E-state index in [1.165, 1.54) is 5.56 Å². The summed E-state index contributed by atoms with van der Waals surface area (Å²) in [6.07, 6.45) is 2.91. The first-order valence-electron chi connectivity index (χ1n) is 8.53. The second kappa shape index (κ2) is 7.75. The average Bonchev–Trinajstić information content (AvgIpc) is 3.04. The van der Waals surface area contributed by atoms with E-state index in [-0.39, 0.29) is 12.1 Å². The molecule has 0 aliphatic carbocycles. The Morgan fingerprint density at radius 1 is 1.33 bits per heavy atom. The Labute approximate surface area is 147 Å². The molecule has 1 aromatic heterocycles. The molecule has 128 valence electrons. The summed E-state index contributed by atoms with van der Waals surface area (Å²) in [7, 11) is 0. The zero-order valence-corrected chi connectivity index (χ0v) is 15.1. The number of piperidine rings is 1. The molecule has 1 aromatic carbocycles. The highest BCUT2D eigenvalue weighted by molar-refractivity contribution is 7.11. The van der Waals surface area contributed by atoms with Crippen LogP contribution in [0.2, 0.25) is 0 Å². The fourth-order valence-corrected chi connectivity index (χ4v) is 3.98. The highest BCUT2D eigenvalue weighted by Gasteiger charge is 2.27. The summed E-state index contributed by atoms with van der Waals surface area (Å²) >= 11 is 1.68. The molecule has 1 saturated heterocycles. The summed E-state index contributed by atoms with van der Waals surface area (Å²) in [5.41, 5.74) is 1.25. The summed E-state index contributed by atoms with van der Waals surface area (Å²) in [6, 6.07) is 10.5. The van der Waals surface area contributed by atoms with Crippen LogP contribution in [0.25, 0.3) is 0 Å². The number of rotatable bonds is 4. The lowest BCUT2D eigenvalue weighted by atomic mass is 9.99. The van der Waals surface area contributed by atoms with Gasteiger partial charge in [0.2, 0.25) is 0 Å². The molecule has 1 atom stereocenters. The zero-order chi connectivity index (χ0) is 16.9. The van der Waals surface area contributed by atoms with Crippen LogP contribution in [0.15, 0.2) is 30.3 Å². The Hall–Kier alpha value is -1.95. The summed E-state index contributed by atoms with van der Waals surface area (Å²) in [5.74, 6) is 0.304. The van der Waals surface area contributed by atoms with E-state index in [1.807, 2.05) is 36.9 Å². The third-order valence-corrected chi connectivity index (χ3v) is 5.24. The van der Waals surface area contributed by atoms with E-state index in [0.717, 1.165) is 42.4 Å². The molecule has 0 radical (unpaired) electrons. The highest BCUT2D eigenvalue weighted by Crippen LogP contribution is 2.29. The first-order chi connectivity index (χ1) is 11.6. The van der Waals surface area contributed by atoms with E-state index in [0.29, 0.717) is 5.92 Å². The smallest absolute Gasteiger partial charge is 0.317 e. The van der Waals surface area contributed by atoms with Crippen molar-refractivity contribution in [2.75, 3.05) is 13.1 Å². The molecule has 1 fully saturated rings. The molecule has 2 aromatic rings. The molecule has 1 N–H and O–H groups in total. The van der Waals surface area contributed by atoms with Gasteiger partial charge in [-0.3, -0.25) is 0 Å². The zero-order valence-electron chi connectivity index (χ0n) is 14.2. The van der Waals surface area contributed by atoms with Crippen molar-refractivity contribution < 1.29 is 4.79 Å². The summed E-state index contributed by atoms with van der Waals surface area (Å²) in [6.45, 7) is 5.53. The van der Waals surface area contributed by atoms with Gasteiger partial charge in [-0.05, 0) is 32.3 Å². The van der Waals surface area contributed by atoms with Gasteiger partial charge in [0.1, 0.15) is 10.0 Å². The maximum absolute atomic E-state index is 12.2. The van der Waals surface area contributed by atoms with Crippen LogP contribution in [0, 0.1) is 0 Å². The normalized spacial score (nSPS) is 18.0. The minimum absolute atomic E-state index is 0.0312. The standard InChI is InChI=1S/C18H24N4OS/c1-13(2)19-18(23)22-10-6-9-15(12-22)17-21-20-16(24-17)11-14-7-4-3-5-8-14/h3-5,7-8,13,15H,6,9-12H2,1-2H3,(H,19,23)/t15-/m1/s1. The lowest BCUT2D eigenvalue weighted by molar-refractivity contribution is 0.177. The molecule has 0 bridgehead atoms. The van der Waals surface area contributed by atoms with Crippen LogP contribution < -0.4 is 5.32 Å². The molecule has 1 aliphatic heterocycles. The Morgan fingerprint density at radius 3 is 2.88 bits per heavy atom. The van der Waals surface area contributed by atoms with Crippen molar-refractivity contribution in [2.45, 2.75) is 45.1 Å². The first kappa shape index (κ1) is 16.9. The largest absolute Gasteiger partial charge is 0.336 e. The molecular formula is C18H24N4OS. The molecule has 3 rings (SSSR count). The van der Waals surface area contributed by atoms with Crippen LogP contribution >= 0.6 is 11.3 Å². The van der Waals surface area contributed by atoms with E-state index in [9.17, 15) is 4.79 Å². The van der Waals surface area contributed by atoms with Gasteiger partial charge in [0.15, 0.2) is 0 Å². The number of benzene rings is 1. The Bertz CT molecular complexity index is 671. The Kier molecular flexibility index (Phi) is 5.45. The Morgan fingerprint density at radius 2 is 2.12 bits per heavy atom. The minimum atomic E-state index is 0.0312. The number of urea groups is 1. The number of likely N-dealkylation sites (tertiary alicyclic amines) is 1. The van der Waals surface area contributed by atoms with Crippen molar-refractivity contribution in [3.8, 4) is 0 Å². The maximum atomic E-state index is 12.2. The molecule has 0 spiro atoms. The second-order valence-electron chi connectivity index (χ2n) is 6.59. The van der Waals surface area contributed by atoms with Crippen molar-refractivity contribution in [1.29, 1.82) is 0 Å². The van der Waals surface area contributed by atoms with E-state index < -0.39 is 0 Å². The Balaban J connectivity index is 1.63. The van der Waals surface area contributed by atoms with E-state index in [4.69, 9.17) is 0 Å². The lowest BCUT2D eigenvalue weighted by Gasteiger charge is -2.32. The van der Waals surface area contributed by atoms with Crippen LogP contribution in [0.3, 0.4) is 0 Å². The van der Waals surface area contributed by atoms with Gasteiger partial charge in [-0.1, -0.05) is 30.3 Å². The molecule has 1 aliphatic rings. The second-order valence-corrected chi connectivity index (χ2v) is 7.68. The highest BCUT2D eigenvalue weighted by atomic mass is 32.1. The molecular weight excluding hydrogens is 320 g/mol. The van der Waals surface area contributed by atoms with Gasteiger partial charge in [-0.25, -0.2) is 4.79 Å². The van der Waals surface area contributed by atoms with Crippen molar-refractivity contribution in [3.63, 3.8) is 0 Å². The number of amides is 2. The maximum Gasteiger partial charge on any atom is 0.317 e. The fraction of sp³-hybridized carbons (Fsp3) is 0.500.